The van der Waals surface area contributed by atoms with Crippen molar-refractivity contribution in [2.75, 3.05) is 13.1 Å². The van der Waals surface area contributed by atoms with E-state index in [0.717, 1.165) is 30.7 Å². The number of rotatable bonds is 7. The molecular formula is C20H32N4O2. The first-order valence-electron chi connectivity index (χ1n) is 9.45. The number of ether oxygens (including phenoxy) is 1. The second-order valence-electron chi connectivity index (χ2n) is 7.63. The van der Waals surface area contributed by atoms with Crippen LogP contribution in [0.1, 0.15) is 52.5 Å². The summed E-state index contributed by atoms with van der Waals surface area (Å²) < 4.78 is 6.05. The topological polar surface area (TPSA) is 74.8 Å². The largest absolute Gasteiger partial charge is 0.490 e. The van der Waals surface area contributed by atoms with Gasteiger partial charge in [0.05, 0.1) is 19.2 Å². The van der Waals surface area contributed by atoms with E-state index in [1.54, 1.807) is 0 Å². The van der Waals surface area contributed by atoms with E-state index in [-0.39, 0.29) is 18.0 Å². The molecule has 0 bridgehead atoms. The summed E-state index contributed by atoms with van der Waals surface area (Å²) in [7, 11) is 0. The van der Waals surface area contributed by atoms with Gasteiger partial charge in [0.15, 0.2) is 5.96 Å². The zero-order valence-corrected chi connectivity index (χ0v) is 16.4. The average molecular weight is 361 g/mol. The molecule has 3 N–H and O–H groups in total. The molecule has 26 heavy (non-hydrogen) atoms. The van der Waals surface area contributed by atoms with Crippen molar-refractivity contribution in [3.63, 3.8) is 0 Å². The second kappa shape index (κ2) is 9.46. The van der Waals surface area contributed by atoms with Gasteiger partial charge in [0.2, 0.25) is 5.91 Å². The Hall–Kier alpha value is -2.24. The lowest BCUT2D eigenvalue weighted by atomic mass is 9.96. The summed E-state index contributed by atoms with van der Waals surface area (Å²) in [5.41, 5.74) is 0.808. The van der Waals surface area contributed by atoms with Crippen molar-refractivity contribution in [1.29, 1.82) is 0 Å². The third-order valence-electron chi connectivity index (χ3n) is 4.00. The van der Waals surface area contributed by atoms with Crippen LogP contribution >= 0.6 is 0 Å². The molecule has 1 aromatic carbocycles. The van der Waals surface area contributed by atoms with Crippen molar-refractivity contribution < 1.29 is 9.53 Å². The number of amides is 1. The van der Waals surface area contributed by atoms with Gasteiger partial charge in [-0.15, -0.1) is 0 Å². The zero-order valence-electron chi connectivity index (χ0n) is 16.4. The molecule has 0 atom stereocenters. The van der Waals surface area contributed by atoms with E-state index in [2.05, 4.69) is 20.9 Å². The molecule has 1 aliphatic rings. The van der Waals surface area contributed by atoms with Crippen LogP contribution in [0.5, 0.6) is 5.75 Å². The van der Waals surface area contributed by atoms with Crippen LogP contribution < -0.4 is 20.7 Å². The van der Waals surface area contributed by atoms with Crippen LogP contribution in [0.15, 0.2) is 29.3 Å². The Morgan fingerprint density at radius 2 is 1.96 bits per heavy atom. The predicted octanol–water partition coefficient (Wildman–Crippen LogP) is 2.59. The van der Waals surface area contributed by atoms with Gasteiger partial charge < -0.3 is 20.7 Å². The molecule has 0 heterocycles. The summed E-state index contributed by atoms with van der Waals surface area (Å²) >= 11 is 0. The molecule has 1 saturated carbocycles. The number of para-hydroxylation sites is 1. The summed E-state index contributed by atoms with van der Waals surface area (Å²) in [6, 6.07) is 8.02. The fourth-order valence-electron chi connectivity index (χ4n) is 2.55. The standard InChI is InChI=1S/C20H32N4O2/c1-5-21-19(23-14-18(25)24-20(2,3)4)22-13-15-9-6-7-12-17(15)26-16-10-8-11-16/h6-7,9,12,16H,5,8,10-11,13-14H2,1-4H3,(H,24,25)(H2,21,22,23). The van der Waals surface area contributed by atoms with Gasteiger partial charge >= 0.3 is 0 Å². The fraction of sp³-hybridized carbons (Fsp3) is 0.600. The highest BCUT2D eigenvalue weighted by atomic mass is 16.5. The number of nitrogens with zero attached hydrogens (tertiary/aromatic N) is 1. The van der Waals surface area contributed by atoms with E-state index >= 15 is 0 Å². The molecule has 1 fully saturated rings. The van der Waals surface area contributed by atoms with E-state index < -0.39 is 0 Å². The van der Waals surface area contributed by atoms with Crippen LogP contribution in [0.4, 0.5) is 0 Å². The lowest BCUT2D eigenvalue weighted by Crippen LogP contribution is -2.48. The van der Waals surface area contributed by atoms with E-state index in [0.29, 0.717) is 18.6 Å². The quantitative estimate of drug-likeness (QED) is 0.516. The van der Waals surface area contributed by atoms with Gasteiger partial charge in [-0.2, -0.15) is 0 Å². The van der Waals surface area contributed by atoms with Crippen molar-refractivity contribution in [1.82, 2.24) is 16.0 Å². The molecule has 0 aromatic heterocycles. The molecule has 0 radical (unpaired) electrons. The number of carbonyl (C=O) groups excluding carboxylic acids is 1. The maximum absolute atomic E-state index is 12.0. The summed E-state index contributed by atoms with van der Waals surface area (Å²) in [5.74, 6) is 1.47. The van der Waals surface area contributed by atoms with Gasteiger partial charge in [0.1, 0.15) is 5.75 Å². The molecule has 144 valence electrons. The number of nitrogens with one attached hydrogen (secondary N) is 3. The Morgan fingerprint density at radius 1 is 1.23 bits per heavy atom. The first-order valence-corrected chi connectivity index (χ1v) is 9.45. The minimum atomic E-state index is -0.244. The third kappa shape index (κ3) is 6.94. The van der Waals surface area contributed by atoms with Gasteiger partial charge in [-0.1, -0.05) is 18.2 Å². The fourth-order valence-corrected chi connectivity index (χ4v) is 2.55. The smallest absolute Gasteiger partial charge is 0.239 e. The van der Waals surface area contributed by atoms with Crippen molar-refractivity contribution in [3.8, 4) is 5.75 Å². The van der Waals surface area contributed by atoms with Crippen molar-refractivity contribution in [2.45, 2.75) is 65.1 Å². The first-order chi connectivity index (χ1) is 12.4. The molecule has 6 heteroatoms. The molecule has 0 aliphatic heterocycles. The summed E-state index contributed by atoms with van der Waals surface area (Å²) in [4.78, 5) is 16.6. The molecule has 6 nitrogen and oxygen atoms in total. The lowest BCUT2D eigenvalue weighted by Gasteiger charge is -2.27. The van der Waals surface area contributed by atoms with Gasteiger partial charge in [0, 0.05) is 17.6 Å². The van der Waals surface area contributed by atoms with Crippen LogP contribution in [-0.4, -0.2) is 36.6 Å². The number of benzene rings is 1. The minimum absolute atomic E-state index is 0.0585. The summed E-state index contributed by atoms with van der Waals surface area (Å²) in [5, 5.41) is 9.18. The average Bonchev–Trinajstić information content (AvgIpc) is 2.53. The van der Waals surface area contributed by atoms with Crippen LogP contribution in [0.25, 0.3) is 0 Å². The Kier molecular flexibility index (Phi) is 7.30. The Labute approximate surface area is 156 Å². The number of aliphatic imine (C=N–C) groups is 1. The molecule has 2 rings (SSSR count). The van der Waals surface area contributed by atoms with Crippen molar-refractivity contribution in [3.05, 3.63) is 29.8 Å². The SMILES string of the molecule is CCNC(=NCc1ccccc1OC1CCC1)NCC(=O)NC(C)(C)C. The Morgan fingerprint density at radius 3 is 2.58 bits per heavy atom. The van der Waals surface area contributed by atoms with Gasteiger partial charge in [-0.3, -0.25) is 4.79 Å². The highest BCUT2D eigenvalue weighted by Gasteiger charge is 2.20. The third-order valence-corrected chi connectivity index (χ3v) is 4.00. The number of guanidine groups is 1. The lowest BCUT2D eigenvalue weighted by molar-refractivity contribution is -0.121. The van der Waals surface area contributed by atoms with Crippen LogP contribution in [0.3, 0.4) is 0 Å². The van der Waals surface area contributed by atoms with E-state index in [9.17, 15) is 4.79 Å². The molecular weight excluding hydrogens is 328 g/mol. The van der Waals surface area contributed by atoms with E-state index in [4.69, 9.17) is 4.74 Å². The van der Waals surface area contributed by atoms with E-state index in [1.165, 1.54) is 6.42 Å². The molecule has 0 saturated heterocycles. The van der Waals surface area contributed by atoms with Crippen molar-refractivity contribution >= 4 is 11.9 Å². The van der Waals surface area contributed by atoms with Crippen LogP contribution in [0.2, 0.25) is 0 Å². The Balaban J connectivity index is 1.94. The first kappa shape index (κ1) is 20.1. The summed E-state index contributed by atoms with van der Waals surface area (Å²) in [6.45, 7) is 9.30. The maximum Gasteiger partial charge on any atom is 0.239 e. The second-order valence-corrected chi connectivity index (χ2v) is 7.63. The number of hydrogen-bond acceptors (Lipinski definition) is 3. The maximum atomic E-state index is 12.0. The zero-order chi connectivity index (χ0) is 19.0. The van der Waals surface area contributed by atoms with Crippen LogP contribution in [0, 0.1) is 0 Å². The highest BCUT2D eigenvalue weighted by Crippen LogP contribution is 2.27. The van der Waals surface area contributed by atoms with Crippen molar-refractivity contribution in [2.24, 2.45) is 4.99 Å². The Bertz CT molecular complexity index is 618. The normalized spacial score (nSPS) is 15.2. The number of hydrogen-bond donors (Lipinski definition) is 3. The van der Waals surface area contributed by atoms with Gasteiger partial charge in [0.25, 0.3) is 0 Å². The molecule has 0 unspecified atom stereocenters. The minimum Gasteiger partial charge on any atom is -0.490 e. The molecule has 0 spiro atoms. The molecule has 1 amide bonds. The molecule has 1 aliphatic carbocycles. The van der Waals surface area contributed by atoms with Gasteiger partial charge in [-0.05, 0) is 53.0 Å². The molecule has 1 aromatic rings. The summed E-state index contributed by atoms with van der Waals surface area (Å²) in [6.07, 6.45) is 3.85. The van der Waals surface area contributed by atoms with E-state index in [1.807, 2.05) is 52.0 Å². The number of carbonyl (C=O) groups is 1. The van der Waals surface area contributed by atoms with Crippen LogP contribution in [-0.2, 0) is 11.3 Å². The van der Waals surface area contributed by atoms with Gasteiger partial charge in [-0.25, -0.2) is 4.99 Å². The monoisotopic (exact) mass is 360 g/mol. The highest BCUT2D eigenvalue weighted by molar-refractivity contribution is 5.86. The predicted molar refractivity (Wildman–Crippen MR) is 105 cm³/mol.